The minimum Gasteiger partial charge on any atom is -0.464 e. The molecule has 2 aromatic heterocycles. The number of ether oxygens (including phenoxy) is 1. The average Bonchev–Trinajstić information content (AvgIpc) is 3.07. The third kappa shape index (κ3) is 1.44. The number of rotatable bonds is 2. The van der Waals surface area contributed by atoms with E-state index in [2.05, 4.69) is 14.8 Å². The minimum atomic E-state index is -0.427. The van der Waals surface area contributed by atoms with E-state index in [1.54, 1.807) is 16.6 Å². The van der Waals surface area contributed by atoms with E-state index in [1.165, 1.54) is 20.0 Å². The fourth-order valence-corrected chi connectivity index (χ4v) is 1.69. The van der Waals surface area contributed by atoms with Crippen LogP contribution < -0.4 is 0 Å². The number of methoxy groups -OCH3 is 1. The lowest BCUT2D eigenvalue weighted by Crippen LogP contribution is -2.06. The van der Waals surface area contributed by atoms with Crippen LogP contribution in [0.5, 0.6) is 0 Å². The van der Waals surface area contributed by atoms with Gasteiger partial charge in [-0.2, -0.15) is 5.10 Å². The van der Waals surface area contributed by atoms with Crippen molar-refractivity contribution in [2.75, 3.05) is 7.11 Å². The lowest BCUT2D eigenvalue weighted by Gasteiger charge is -1.97. The third-order valence-corrected chi connectivity index (χ3v) is 2.73. The Labute approximate surface area is 92.1 Å². The van der Waals surface area contributed by atoms with Gasteiger partial charge in [-0.3, -0.25) is 0 Å². The average molecular weight is 217 g/mol. The highest BCUT2D eigenvalue weighted by Crippen LogP contribution is 2.39. The van der Waals surface area contributed by atoms with Crippen LogP contribution in [0.25, 0.3) is 5.65 Å². The molecule has 0 N–H and O–H groups in total. The first-order valence-corrected chi connectivity index (χ1v) is 5.22. The van der Waals surface area contributed by atoms with Gasteiger partial charge in [0.25, 0.3) is 0 Å². The number of nitrogens with zero attached hydrogens (tertiary/aromatic N) is 3. The molecular weight excluding hydrogens is 206 g/mol. The van der Waals surface area contributed by atoms with E-state index < -0.39 is 5.97 Å². The molecule has 0 spiro atoms. The predicted molar refractivity (Wildman–Crippen MR) is 56.3 cm³/mol. The second kappa shape index (κ2) is 3.30. The smallest absolute Gasteiger partial charge is 0.358 e. The van der Waals surface area contributed by atoms with Gasteiger partial charge in [-0.15, -0.1) is 0 Å². The summed E-state index contributed by atoms with van der Waals surface area (Å²) in [5.74, 6) is 0.159. The molecule has 3 rings (SSSR count). The van der Waals surface area contributed by atoms with Crippen LogP contribution in [0.3, 0.4) is 0 Å². The number of imidazole rings is 1. The Morgan fingerprint density at radius 2 is 2.31 bits per heavy atom. The summed E-state index contributed by atoms with van der Waals surface area (Å²) < 4.78 is 6.26. The molecule has 1 fully saturated rings. The maximum Gasteiger partial charge on any atom is 0.358 e. The van der Waals surface area contributed by atoms with Gasteiger partial charge in [-0.1, -0.05) is 0 Å². The van der Waals surface area contributed by atoms with Gasteiger partial charge in [-0.05, 0) is 25.0 Å². The van der Waals surface area contributed by atoms with Crippen molar-refractivity contribution in [1.82, 2.24) is 14.6 Å². The van der Waals surface area contributed by atoms with E-state index in [0.717, 1.165) is 11.3 Å². The highest BCUT2D eigenvalue weighted by atomic mass is 16.5. The number of carbonyl (C=O) groups is 1. The number of hydrogen-bond acceptors (Lipinski definition) is 4. The molecule has 0 aromatic carbocycles. The molecule has 5 nitrogen and oxygen atoms in total. The zero-order chi connectivity index (χ0) is 11.1. The Kier molecular flexibility index (Phi) is 1.92. The molecule has 2 heterocycles. The quantitative estimate of drug-likeness (QED) is 0.713. The molecule has 82 valence electrons. The summed E-state index contributed by atoms with van der Waals surface area (Å²) in [7, 11) is 1.34. The number of aromatic nitrogens is 3. The summed E-state index contributed by atoms with van der Waals surface area (Å²) in [5, 5.41) is 4.16. The first-order chi connectivity index (χ1) is 7.78. The van der Waals surface area contributed by atoms with Gasteiger partial charge in [-0.25, -0.2) is 14.3 Å². The van der Waals surface area contributed by atoms with Crippen molar-refractivity contribution in [2.45, 2.75) is 18.8 Å². The Balaban J connectivity index is 2.06. The van der Waals surface area contributed by atoms with E-state index in [1.807, 2.05) is 6.20 Å². The van der Waals surface area contributed by atoms with Gasteiger partial charge < -0.3 is 4.74 Å². The molecule has 0 amide bonds. The molecule has 0 radical (unpaired) electrons. The van der Waals surface area contributed by atoms with Gasteiger partial charge in [0.1, 0.15) is 0 Å². The van der Waals surface area contributed by atoms with E-state index >= 15 is 0 Å². The Bertz CT molecular complexity index is 557. The summed E-state index contributed by atoms with van der Waals surface area (Å²) in [5.41, 5.74) is 2.14. The fourth-order valence-electron chi connectivity index (χ4n) is 1.69. The largest absolute Gasteiger partial charge is 0.464 e. The highest BCUT2D eigenvalue weighted by molar-refractivity contribution is 5.87. The normalized spacial score (nSPS) is 15.3. The monoisotopic (exact) mass is 217 g/mol. The van der Waals surface area contributed by atoms with Gasteiger partial charge >= 0.3 is 5.97 Å². The number of esters is 1. The van der Waals surface area contributed by atoms with Crippen LogP contribution in [-0.2, 0) is 4.74 Å². The van der Waals surface area contributed by atoms with Crippen LogP contribution >= 0.6 is 0 Å². The van der Waals surface area contributed by atoms with Gasteiger partial charge in [0.2, 0.25) is 0 Å². The maximum atomic E-state index is 11.3. The van der Waals surface area contributed by atoms with E-state index in [-0.39, 0.29) is 0 Å². The molecule has 0 aliphatic heterocycles. The topological polar surface area (TPSA) is 56.5 Å². The van der Waals surface area contributed by atoms with Gasteiger partial charge in [0.05, 0.1) is 19.0 Å². The second-order valence-corrected chi connectivity index (χ2v) is 3.95. The molecule has 1 saturated carbocycles. The van der Waals surface area contributed by atoms with E-state index in [9.17, 15) is 4.79 Å². The van der Waals surface area contributed by atoms with Gasteiger partial charge in [0.15, 0.2) is 11.3 Å². The summed E-state index contributed by atoms with van der Waals surface area (Å²) in [6.07, 6.45) is 4.29. The molecule has 5 heteroatoms. The van der Waals surface area contributed by atoms with Crippen LogP contribution in [0.15, 0.2) is 18.3 Å². The maximum absolute atomic E-state index is 11.3. The van der Waals surface area contributed by atoms with Crippen molar-refractivity contribution in [2.24, 2.45) is 0 Å². The van der Waals surface area contributed by atoms with Crippen molar-refractivity contribution in [3.8, 4) is 0 Å². The Morgan fingerprint density at radius 3 is 3.00 bits per heavy atom. The van der Waals surface area contributed by atoms with Crippen molar-refractivity contribution < 1.29 is 9.53 Å². The SMILES string of the molecule is COC(=O)c1ccc2nc(C3CC3)cn2n1. The lowest BCUT2D eigenvalue weighted by atomic mass is 10.3. The molecule has 0 atom stereocenters. The van der Waals surface area contributed by atoms with Crippen LogP contribution in [0.2, 0.25) is 0 Å². The summed E-state index contributed by atoms with van der Waals surface area (Å²) in [6, 6.07) is 3.41. The number of carbonyl (C=O) groups excluding carboxylic acids is 1. The van der Waals surface area contributed by atoms with Crippen molar-refractivity contribution in [3.63, 3.8) is 0 Å². The third-order valence-electron chi connectivity index (χ3n) is 2.73. The van der Waals surface area contributed by atoms with Crippen molar-refractivity contribution >= 4 is 11.6 Å². The minimum absolute atomic E-state index is 0.301. The summed E-state index contributed by atoms with van der Waals surface area (Å²) >= 11 is 0. The first kappa shape index (κ1) is 9.33. The fraction of sp³-hybridized carbons (Fsp3) is 0.364. The van der Waals surface area contributed by atoms with E-state index in [0.29, 0.717) is 11.6 Å². The molecule has 0 unspecified atom stereocenters. The molecule has 16 heavy (non-hydrogen) atoms. The van der Waals surface area contributed by atoms with E-state index in [4.69, 9.17) is 0 Å². The summed E-state index contributed by atoms with van der Waals surface area (Å²) in [4.78, 5) is 15.7. The zero-order valence-corrected chi connectivity index (χ0v) is 8.88. The molecule has 1 aliphatic carbocycles. The second-order valence-electron chi connectivity index (χ2n) is 3.95. The van der Waals surface area contributed by atoms with Gasteiger partial charge in [0, 0.05) is 5.92 Å². The zero-order valence-electron chi connectivity index (χ0n) is 8.88. The Morgan fingerprint density at radius 1 is 1.50 bits per heavy atom. The predicted octanol–water partition coefficient (Wildman–Crippen LogP) is 1.39. The number of fused-ring (bicyclic) bond motifs is 1. The van der Waals surface area contributed by atoms with Crippen LogP contribution in [0, 0.1) is 0 Å². The van der Waals surface area contributed by atoms with Crippen LogP contribution in [0.4, 0.5) is 0 Å². The lowest BCUT2D eigenvalue weighted by molar-refractivity contribution is 0.0592. The van der Waals surface area contributed by atoms with Crippen LogP contribution in [-0.4, -0.2) is 27.7 Å². The molecule has 0 saturated heterocycles. The molecule has 2 aromatic rings. The van der Waals surface area contributed by atoms with Crippen molar-refractivity contribution in [1.29, 1.82) is 0 Å². The summed E-state index contributed by atoms with van der Waals surface area (Å²) in [6.45, 7) is 0. The number of hydrogen-bond donors (Lipinski definition) is 0. The molecule has 0 bridgehead atoms. The molecular formula is C11H11N3O2. The van der Waals surface area contributed by atoms with Crippen LogP contribution in [0.1, 0.15) is 34.9 Å². The first-order valence-electron chi connectivity index (χ1n) is 5.22. The highest BCUT2D eigenvalue weighted by Gasteiger charge is 2.26. The molecule has 1 aliphatic rings. The van der Waals surface area contributed by atoms with Crippen molar-refractivity contribution in [3.05, 3.63) is 29.7 Å². The Hall–Kier alpha value is -1.91. The standard InChI is InChI=1S/C11H11N3O2/c1-16-11(15)8-4-5-10-12-9(7-2-3-7)6-14(10)13-8/h4-7H,2-3H2,1H3.